The van der Waals surface area contributed by atoms with Crippen molar-refractivity contribution in [3.05, 3.63) is 6.33 Å². The summed E-state index contributed by atoms with van der Waals surface area (Å²) in [5.41, 5.74) is 0. The fourth-order valence-corrected chi connectivity index (χ4v) is 2.46. The lowest BCUT2D eigenvalue weighted by atomic mass is 10.4. The Morgan fingerprint density at radius 2 is 2.14 bits per heavy atom. The van der Waals surface area contributed by atoms with Gasteiger partial charge in [0.15, 0.2) is 11.6 Å². The van der Waals surface area contributed by atoms with E-state index >= 15 is 0 Å². The molecule has 2 heterocycles. The minimum Gasteiger partial charge on any atom is -0.490 e. The predicted molar refractivity (Wildman–Crippen MR) is 81.8 cm³/mol. The van der Waals surface area contributed by atoms with Crippen molar-refractivity contribution in [3.63, 3.8) is 0 Å². The molecule has 21 heavy (non-hydrogen) atoms. The minimum atomic E-state index is 0.126. The van der Waals surface area contributed by atoms with Crippen molar-refractivity contribution in [1.29, 1.82) is 0 Å². The van der Waals surface area contributed by atoms with Gasteiger partial charge in [-0.3, -0.25) is 4.79 Å². The number of methoxy groups -OCH3 is 1. The van der Waals surface area contributed by atoms with E-state index in [4.69, 9.17) is 4.74 Å². The number of nitrogens with zero attached hydrogens (tertiary/aromatic N) is 4. The molecule has 1 amide bonds. The van der Waals surface area contributed by atoms with Crippen LogP contribution in [0.25, 0.3) is 0 Å². The summed E-state index contributed by atoms with van der Waals surface area (Å²) in [7, 11) is 3.42. The van der Waals surface area contributed by atoms with Gasteiger partial charge >= 0.3 is 0 Å². The molecule has 1 aromatic rings. The monoisotopic (exact) mass is 293 g/mol. The molecule has 1 aromatic heterocycles. The van der Waals surface area contributed by atoms with E-state index in [9.17, 15) is 4.79 Å². The first-order chi connectivity index (χ1) is 10.2. The molecule has 0 spiro atoms. The molecule has 7 heteroatoms. The normalized spacial score (nSPS) is 14.1. The zero-order valence-corrected chi connectivity index (χ0v) is 12.9. The van der Waals surface area contributed by atoms with Crippen LogP contribution in [0.15, 0.2) is 6.33 Å². The van der Waals surface area contributed by atoms with Gasteiger partial charge in [-0.15, -0.1) is 0 Å². The van der Waals surface area contributed by atoms with Gasteiger partial charge in [0, 0.05) is 26.7 Å². The molecule has 1 saturated heterocycles. The SMILES string of the molecule is CCNc1ncnc(N(C)CC(=O)N2CCCC2)c1OC. The van der Waals surface area contributed by atoms with Crippen molar-refractivity contribution in [3.8, 4) is 5.75 Å². The maximum atomic E-state index is 12.2. The number of likely N-dealkylation sites (tertiary alicyclic amines) is 1. The molecule has 1 fully saturated rings. The highest BCUT2D eigenvalue weighted by Crippen LogP contribution is 2.31. The fourth-order valence-electron chi connectivity index (χ4n) is 2.46. The number of carbonyl (C=O) groups is 1. The van der Waals surface area contributed by atoms with E-state index in [2.05, 4.69) is 15.3 Å². The molecule has 7 nitrogen and oxygen atoms in total. The number of rotatable bonds is 6. The highest BCUT2D eigenvalue weighted by atomic mass is 16.5. The Bertz CT molecular complexity index is 488. The number of hydrogen-bond acceptors (Lipinski definition) is 6. The largest absolute Gasteiger partial charge is 0.490 e. The molecule has 0 radical (unpaired) electrons. The molecule has 0 atom stereocenters. The number of nitrogens with one attached hydrogen (secondary N) is 1. The number of likely N-dealkylation sites (N-methyl/N-ethyl adjacent to an activating group) is 1. The van der Waals surface area contributed by atoms with Crippen LogP contribution in [0, 0.1) is 0 Å². The first kappa shape index (κ1) is 15.3. The molecule has 0 bridgehead atoms. The first-order valence-electron chi connectivity index (χ1n) is 7.29. The third kappa shape index (κ3) is 3.53. The van der Waals surface area contributed by atoms with E-state index in [1.54, 1.807) is 7.11 Å². The summed E-state index contributed by atoms with van der Waals surface area (Å²) in [6.07, 6.45) is 3.67. The molecule has 0 aliphatic carbocycles. The highest BCUT2D eigenvalue weighted by Gasteiger charge is 2.22. The van der Waals surface area contributed by atoms with Gasteiger partial charge in [0.1, 0.15) is 6.33 Å². The van der Waals surface area contributed by atoms with E-state index in [0.29, 0.717) is 23.9 Å². The maximum Gasteiger partial charge on any atom is 0.242 e. The average Bonchev–Trinajstić information content (AvgIpc) is 3.01. The lowest BCUT2D eigenvalue weighted by Gasteiger charge is -2.23. The van der Waals surface area contributed by atoms with Crippen molar-refractivity contribution in [2.75, 3.05) is 50.6 Å². The summed E-state index contributed by atoms with van der Waals surface area (Å²) in [6.45, 7) is 4.73. The summed E-state index contributed by atoms with van der Waals surface area (Å²) < 4.78 is 5.40. The number of hydrogen-bond donors (Lipinski definition) is 1. The van der Waals surface area contributed by atoms with Crippen molar-refractivity contribution >= 4 is 17.5 Å². The summed E-state index contributed by atoms with van der Waals surface area (Å²) in [5, 5.41) is 3.13. The average molecular weight is 293 g/mol. The smallest absolute Gasteiger partial charge is 0.242 e. The maximum absolute atomic E-state index is 12.2. The lowest BCUT2D eigenvalue weighted by Crippen LogP contribution is -2.37. The standard InChI is InChI=1S/C14H23N5O2/c1-4-15-13-12(21-3)14(17-10-16-13)18(2)9-11(20)19-7-5-6-8-19/h10H,4-9H2,1-3H3,(H,15,16,17). The Labute approximate surface area is 125 Å². The van der Waals surface area contributed by atoms with Gasteiger partial charge in [-0.05, 0) is 19.8 Å². The zero-order valence-electron chi connectivity index (χ0n) is 12.9. The van der Waals surface area contributed by atoms with Gasteiger partial charge < -0.3 is 19.9 Å². The Hall–Kier alpha value is -2.05. The number of amides is 1. The Kier molecular flexibility index (Phi) is 5.19. The molecule has 116 valence electrons. The molecule has 1 aliphatic rings. The molecule has 2 rings (SSSR count). The summed E-state index contributed by atoms with van der Waals surface area (Å²) >= 11 is 0. The Morgan fingerprint density at radius 3 is 2.76 bits per heavy atom. The molecule has 1 N–H and O–H groups in total. The van der Waals surface area contributed by atoms with E-state index in [-0.39, 0.29) is 5.91 Å². The van der Waals surface area contributed by atoms with Crippen LogP contribution in [0.2, 0.25) is 0 Å². The van der Waals surface area contributed by atoms with Gasteiger partial charge in [0.25, 0.3) is 0 Å². The van der Waals surface area contributed by atoms with Crippen molar-refractivity contribution in [2.24, 2.45) is 0 Å². The minimum absolute atomic E-state index is 0.126. The second kappa shape index (κ2) is 7.10. The molecular weight excluding hydrogens is 270 g/mol. The van der Waals surface area contributed by atoms with Gasteiger partial charge in [-0.25, -0.2) is 9.97 Å². The molecule has 0 saturated carbocycles. The summed E-state index contributed by atoms with van der Waals surface area (Å²) in [4.78, 5) is 24.4. The summed E-state index contributed by atoms with van der Waals surface area (Å²) in [5.74, 6) is 1.96. The van der Waals surface area contributed by atoms with Crippen LogP contribution in [0.1, 0.15) is 19.8 Å². The number of aromatic nitrogens is 2. The second-order valence-electron chi connectivity index (χ2n) is 5.05. The van der Waals surface area contributed by atoms with Crippen LogP contribution in [-0.2, 0) is 4.79 Å². The van der Waals surface area contributed by atoms with Crippen LogP contribution in [0.5, 0.6) is 5.75 Å². The zero-order chi connectivity index (χ0) is 15.2. The molecular formula is C14H23N5O2. The molecule has 0 aromatic carbocycles. The number of ether oxygens (including phenoxy) is 1. The van der Waals surface area contributed by atoms with Crippen LogP contribution < -0.4 is 15.0 Å². The Balaban J connectivity index is 2.12. The molecule has 1 aliphatic heterocycles. The fraction of sp³-hybridized carbons (Fsp3) is 0.643. The predicted octanol–water partition coefficient (Wildman–Crippen LogP) is 0.976. The quantitative estimate of drug-likeness (QED) is 0.843. The van der Waals surface area contributed by atoms with Crippen LogP contribution in [0.3, 0.4) is 0 Å². The third-order valence-corrected chi connectivity index (χ3v) is 3.53. The van der Waals surface area contributed by atoms with Crippen molar-refractivity contribution < 1.29 is 9.53 Å². The second-order valence-corrected chi connectivity index (χ2v) is 5.05. The van der Waals surface area contributed by atoms with E-state index in [0.717, 1.165) is 32.5 Å². The van der Waals surface area contributed by atoms with E-state index in [1.165, 1.54) is 6.33 Å². The van der Waals surface area contributed by atoms with Crippen molar-refractivity contribution in [1.82, 2.24) is 14.9 Å². The topological polar surface area (TPSA) is 70.6 Å². The van der Waals surface area contributed by atoms with Crippen LogP contribution in [-0.4, -0.2) is 61.1 Å². The summed E-state index contributed by atoms with van der Waals surface area (Å²) in [6, 6.07) is 0. The first-order valence-corrected chi connectivity index (χ1v) is 7.29. The van der Waals surface area contributed by atoms with Crippen LogP contribution >= 0.6 is 0 Å². The number of anilines is 2. The van der Waals surface area contributed by atoms with Gasteiger partial charge in [-0.2, -0.15) is 0 Å². The van der Waals surface area contributed by atoms with Gasteiger partial charge in [0.05, 0.1) is 13.7 Å². The lowest BCUT2D eigenvalue weighted by molar-refractivity contribution is -0.128. The van der Waals surface area contributed by atoms with Gasteiger partial charge in [0.2, 0.25) is 11.7 Å². The van der Waals surface area contributed by atoms with Crippen molar-refractivity contribution in [2.45, 2.75) is 19.8 Å². The third-order valence-electron chi connectivity index (χ3n) is 3.53. The van der Waals surface area contributed by atoms with E-state index in [1.807, 2.05) is 23.8 Å². The van der Waals surface area contributed by atoms with E-state index < -0.39 is 0 Å². The highest BCUT2D eigenvalue weighted by molar-refractivity contribution is 5.82. The number of carbonyl (C=O) groups excluding carboxylic acids is 1. The van der Waals surface area contributed by atoms with Gasteiger partial charge in [-0.1, -0.05) is 0 Å². The Morgan fingerprint density at radius 1 is 1.43 bits per heavy atom. The van der Waals surface area contributed by atoms with Crippen LogP contribution in [0.4, 0.5) is 11.6 Å². The molecule has 0 unspecified atom stereocenters.